The molecule has 160 valence electrons. The van der Waals surface area contributed by atoms with Crippen LogP contribution in [0.1, 0.15) is 47.8 Å². The summed E-state index contributed by atoms with van der Waals surface area (Å²) in [5, 5.41) is 3.13. The number of carbonyl (C=O) groups is 2. The number of nitrogens with zero attached hydrogens (tertiary/aromatic N) is 2. The second kappa shape index (κ2) is 9.47. The van der Waals surface area contributed by atoms with E-state index in [1.807, 2.05) is 0 Å². The van der Waals surface area contributed by atoms with Crippen LogP contribution in [-0.2, 0) is 4.79 Å². The largest absolute Gasteiger partial charge is 0.497 e. The van der Waals surface area contributed by atoms with Crippen molar-refractivity contribution in [3.63, 3.8) is 0 Å². The van der Waals surface area contributed by atoms with Crippen molar-refractivity contribution in [2.24, 2.45) is 0 Å². The predicted octanol–water partition coefficient (Wildman–Crippen LogP) is 4.13. The van der Waals surface area contributed by atoms with Crippen LogP contribution in [0.3, 0.4) is 0 Å². The second-order valence-corrected chi connectivity index (χ2v) is 7.53. The van der Waals surface area contributed by atoms with Crippen LogP contribution in [-0.4, -0.2) is 29.9 Å². The molecule has 2 aromatic heterocycles. The van der Waals surface area contributed by atoms with Crippen molar-refractivity contribution in [1.29, 1.82) is 0 Å². The number of carbonyl (C=O) groups excluding carboxylic acids is 2. The molecule has 3 aromatic rings. The maximum Gasteiger partial charge on any atom is 0.294 e. The van der Waals surface area contributed by atoms with Crippen molar-refractivity contribution in [2.45, 2.75) is 37.8 Å². The Morgan fingerprint density at radius 1 is 1.13 bits per heavy atom. The maximum atomic E-state index is 13.5. The number of methoxy groups -OCH3 is 1. The first-order valence-corrected chi connectivity index (χ1v) is 10.4. The average Bonchev–Trinajstić information content (AvgIpc) is 3.52. The second-order valence-electron chi connectivity index (χ2n) is 7.53. The van der Waals surface area contributed by atoms with Gasteiger partial charge in [0.1, 0.15) is 11.8 Å². The summed E-state index contributed by atoms with van der Waals surface area (Å²) >= 11 is 0. The molecule has 1 aliphatic carbocycles. The third kappa shape index (κ3) is 4.60. The Morgan fingerprint density at radius 2 is 1.90 bits per heavy atom. The number of furan rings is 1. The topological polar surface area (TPSA) is 84.7 Å². The first-order chi connectivity index (χ1) is 15.2. The lowest BCUT2D eigenvalue weighted by Gasteiger charge is -2.31. The van der Waals surface area contributed by atoms with Crippen molar-refractivity contribution in [3.05, 3.63) is 78.5 Å². The third-order valence-corrected chi connectivity index (χ3v) is 5.51. The molecule has 7 nitrogen and oxygen atoms in total. The number of pyridine rings is 1. The van der Waals surface area contributed by atoms with E-state index in [4.69, 9.17) is 9.15 Å². The van der Waals surface area contributed by atoms with Gasteiger partial charge < -0.3 is 14.5 Å². The number of hydrogen-bond donors (Lipinski definition) is 1. The quantitative estimate of drug-likeness (QED) is 0.622. The van der Waals surface area contributed by atoms with Gasteiger partial charge in [-0.3, -0.25) is 19.5 Å². The lowest BCUT2D eigenvalue weighted by atomic mass is 10.0. The molecule has 1 aromatic carbocycles. The van der Waals surface area contributed by atoms with E-state index in [-0.39, 0.29) is 17.7 Å². The molecule has 1 atom stereocenters. The minimum absolute atomic E-state index is 0.114. The van der Waals surface area contributed by atoms with Gasteiger partial charge in [-0.1, -0.05) is 18.9 Å². The number of aromatic nitrogens is 1. The predicted molar refractivity (Wildman–Crippen MR) is 116 cm³/mol. The SMILES string of the molecule is COc1ccc(N(C(=O)c2ccco2)C(C(=O)NC2CCCC2)c2cccnc2)cc1. The lowest BCUT2D eigenvalue weighted by Crippen LogP contribution is -2.46. The van der Waals surface area contributed by atoms with Gasteiger partial charge in [0.25, 0.3) is 5.91 Å². The smallest absolute Gasteiger partial charge is 0.294 e. The molecular formula is C24H25N3O4. The Kier molecular flexibility index (Phi) is 6.31. The molecule has 0 saturated heterocycles. The fourth-order valence-corrected chi connectivity index (χ4v) is 3.95. The first kappa shape index (κ1) is 20.7. The molecule has 1 aliphatic rings. The van der Waals surface area contributed by atoms with Gasteiger partial charge in [-0.2, -0.15) is 0 Å². The average molecular weight is 419 g/mol. The van der Waals surface area contributed by atoms with Crippen LogP contribution in [0, 0.1) is 0 Å². The van der Waals surface area contributed by atoms with Gasteiger partial charge in [0.15, 0.2) is 5.76 Å². The van der Waals surface area contributed by atoms with Gasteiger partial charge in [0, 0.05) is 29.7 Å². The highest BCUT2D eigenvalue weighted by Gasteiger charge is 2.35. The number of benzene rings is 1. The summed E-state index contributed by atoms with van der Waals surface area (Å²) in [5.41, 5.74) is 1.17. The van der Waals surface area contributed by atoms with Crippen LogP contribution in [0.5, 0.6) is 5.75 Å². The molecule has 0 aliphatic heterocycles. The monoisotopic (exact) mass is 419 g/mol. The highest BCUT2D eigenvalue weighted by Crippen LogP contribution is 2.31. The van der Waals surface area contributed by atoms with Crippen LogP contribution < -0.4 is 15.0 Å². The first-order valence-electron chi connectivity index (χ1n) is 10.4. The minimum Gasteiger partial charge on any atom is -0.497 e. The van der Waals surface area contributed by atoms with Crippen LogP contribution in [0.15, 0.2) is 71.6 Å². The highest BCUT2D eigenvalue weighted by atomic mass is 16.5. The third-order valence-electron chi connectivity index (χ3n) is 5.51. The van der Waals surface area contributed by atoms with Gasteiger partial charge >= 0.3 is 0 Å². The molecule has 1 unspecified atom stereocenters. The van der Waals surface area contributed by atoms with Crippen molar-refractivity contribution in [3.8, 4) is 5.75 Å². The van der Waals surface area contributed by atoms with E-state index >= 15 is 0 Å². The molecule has 4 rings (SSSR count). The fourth-order valence-electron chi connectivity index (χ4n) is 3.95. The van der Waals surface area contributed by atoms with E-state index in [1.165, 1.54) is 11.2 Å². The van der Waals surface area contributed by atoms with Gasteiger partial charge in [0.05, 0.1) is 13.4 Å². The molecule has 2 amide bonds. The Morgan fingerprint density at radius 3 is 2.52 bits per heavy atom. The zero-order valence-electron chi connectivity index (χ0n) is 17.4. The number of amides is 2. The van der Waals surface area contributed by atoms with Crippen molar-refractivity contribution in [2.75, 3.05) is 12.0 Å². The summed E-state index contributed by atoms with van der Waals surface area (Å²) in [6, 6.07) is 13.0. The number of hydrogen-bond acceptors (Lipinski definition) is 5. The molecule has 0 radical (unpaired) electrons. The summed E-state index contributed by atoms with van der Waals surface area (Å²) < 4.78 is 10.6. The summed E-state index contributed by atoms with van der Waals surface area (Å²) in [5.74, 6) is 0.155. The summed E-state index contributed by atoms with van der Waals surface area (Å²) in [7, 11) is 1.58. The molecule has 0 spiro atoms. The molecule has 31 heavy (non-hydrogen) atoms. The van der Waals surface area contributed by atoms with E-state index in [2.05, 4.69) is 10.3 Å². The van der Waals surface area contributed by atoms with E-state index in [0.717, 1.165) is 25.7 Å². The van der Waals surface area contributed by atoms with Crippen molar-refractivity contribution < 1.29 is 18.7 Å². The number of anilines is 1. The Labute approximate surface area is 181 Å². The maximum absolute atomic E-state index is 13.5. The molecule has 1 saturated carbocycles. The zero-order valence-corrected chi connectivity index (χ0v) is 17.4. The van der Waals surface area contributed by atoms with E-state index in [9.17, 15) is 9.59 Å². The van der Waals surface area contributed by atoms with Crippen LogP contribution >= 0.6 is 0 Å². The van der Waals surface area contributed by atoms with Crippen LogP contribution in [0.4, 0.5) is 5.69 Å². The minimum atomic E-state index is -0.903. The number of nitrogens with one attached hydrogen (secondary N) is 1. The Hall–Kier alpha value is -3.61. The number of rotatable bonds is 7. The molecular weight excluding hydrogens is 394 g/mol. The molecule has 1 fully saturated rings. The van der Waals surface area contributed by atoms with E-state index < -0.39 is 11.9 Å². The summed E-state index contributed by atoms with van der Waals surface area (Å²) in [4.78, 5) is 32.7. The standard InChI is InChI=1S/C24H25N3O4/c1-30-20-12-10-19(11-13-20)27(24(29)21-9-5-15-31-21)22(17-6-4-14-25-16-17)23(28)26-18-7-2-3-8-18/h4-6,9-16,18,22H,2-3,7-8H2,1H3,(H,26,28). The van der Waals surface area contributed by atoms with Crippen LogP contribution in [0.2, 0.25) is 0 Å². The van der Waals surface area contributed by atoms with Gasteiger partial charge in [0.2, 0.25) is 5.91 Å². The summed E-state index contributed by atoms with van der Waals surface area (Å²) in [6.07, 6.45) is 8.77. The fraction of sp³-hybridized carbons (Fsp3) is 0.292. The lowest BCUT2D eigenvalue weighted by molar-refractivity contribution is -0.123. The highest BCUT2D eigenvalue weighted by molar-refractivity contribution is 6.08. The van der Waals surface area contributed by atoms with E-state index in [1.54, 1.807) is 68.0 Å². The molecule has 2 heterocycles. The van der Waals surface area contributed by atoms with Crippen molar-refractivity contribution in [1.82, 2.24) is 10.3 Å². The Balaban J connectivity index is 1.77. The van der Waals surface area contributed by atoms with E-state index in [0.29, 0.717) is 17.0 Å². The molecule has 0 bridgehead atoms. The molecule has 1 N–H and O–H groups in total. The summed E-state index contributed by atoms with van der Waals surface area (Å²) in [6.45, 7) is 0. The zero-order chi connectivity index (χ0) is 21.6. The normalized spacial score (nSPS) is 14.7. The van der Waals surface area contributed by atoms with Crippen LogP contribution in [0.25, 0.3) is 0 Å². The number of ether oxygens (including phenoxy) is 1. The van der Waals surface area contributed by atoms with Gasteiger partial charge in [-0.25, -0.2) is 0 Å². The Bertz CT molecular complexity index is 997. The van der Waals surface area contributed by atoms with Gasteiger partial charge in [-0.15, -0.1) is 0 Å². The van der Waals surface area contributed by atoms with Crippen molar-refractivity contribution >= 4 is 17.5 Å². The van der Waals surface area contributed by atoms with Gasteiger partial charge in [-0.05, 0) is 55.3 Å². The molecule has 7 heteroatoms.